The smallest absolute Gasteiger partial charge is 0.257 e. The molecule has 1 aliphatic rings. The number of hydrogen-bond donors (Lipinski definition) is 0. The second-order valence-electron chi connectivity index (χ2n) is 9.58. The predicted octanol–water partition coefficient (Wildman–Crippen LogP) is 5.21. The van der Waals surface area contributed by atoms with E-state index in [4.69, 9.17) is 9.47 Å². The largest absolute Gasteiger partial charge is 0.496 e. The van der Waals surface area contributed by atoms with Crippen LogP contribution in [0.4, 0.5) is 0 Å². The highest BCUT2D eigenvalue weighted by atomic mass is 16.5. The van der Waals surface area contributed by atoms with Crippen LogP contribution < -0.4 is 9.47 Å². The quantitative estimate of drug-likeness (QED) is 0.546. The summed E-state index contributed by atoms with van der Waals surface area (Å²) in [6.07, 6.45) is 3.60. The van der Waals surface area contributed by atoms with Gasteiger partial charge >= 0.3 is 0 Å². The van der Waals surface area contributed by atoms with Crippen LogP contribution >= 0.6 is 0 Å². The average Bonchev–Trinajstić information content (AvgIpc) is 2.86. The van der Waals surface area contributed by atoms with Crippen molar-refractivity contribution in [1.29, 1.82) is 0 Å². The van der Waals surface area contributed by atoms with Crippen molar-refractivity contribution in [3.05, 3.63) is 59.7 Å². The van der Waals surface area contributed by atoms with Crippen molar-refractivity contribution < 1.29 is 19.1 Å². The van der Waals surface area contributed by atoms with Gasteiger partial charge in [-0.1, -0.05) is 44.2 Å². The lowest BCUT2D eigenvalue weighted by Gasteiger charge is -2.34. The molecule has 1 heterocycles. The summed E-state index contributed by atoms with van der Waals surface area (Å²) >= 11 is 0. The fourth-order valence-electron chi connectivity index (χ4n) is 4.75. The van der Waals surface area contributed by atoms with Crippen LogP contribution in [-0.2, 0) is 11.2 Å². The van der Waals surface area contributed by atoms with Crippen molar-refractivity contribution in [3.8, 4) is 11.5 Å². The Hall–Kier alpha value is -3.02. The molecule has 35 heavy (non-hydrogen) atoms. The van der Waals surface area contributed by atoms with E-state index in [0.717, 1.165) is 30.6 Å². The number of ether oxygens (including phenoxy) is 2. The van der Waals surface area contributed by atoms with E-state index >= 15 is 0 Å². The SMILES string of the molecule is CCN1CCCCN(C(=O)CCc2ccccc2OC)[C@@H](CC(C)C)COc2ccccc2C1=O. The summed E-state index contributed by atoms with van der Waals surface area (Å²) in [6.45, 7) is 8.69. The number of amides is 2. The maximum atomic E-state index is 13.6. The number of para-hydroxylation sites is 2. The summed E-state index contributed by atoms with van der Waals surface area (Å²) in [4.78, 5) is 30.6. The van der Waals surface area contributed by atoms with E-state index in [-0.39, 0.29) is 17.9 Å². The van der Waals surface area contributed by atoms with Gasteiger partial charge in [-0.2, -0.15) is 0 Å². The van der Waals surface area contributed by atoms with E-state index in [1.807, 2.05) is 65.3 Å². The minimum absolute atomic E-state index is 0.00817. The predicted molar refractivity (Wildman–Crippen MR) is 139 cm³/mol. The Morgan fingerprint density at radius 1 is 1.09 bits per heavy atom. The first kappa shape index (κ1) is 26.6. The highest BCUT2D eigenvalue weighted by Crippen LogP contribution is 2.24. The van der Waals surface area contributed by atoms with Gasteiger partial charge < -0.3 is 19.3 Å². The van der Waals surface area contributed by atoms with Gasteiger partial charge in [-0.15, -0.1) is 0 Å². The molecule has 6 heteroatoms. The van der Waals surface area contributed by atoms with Gasteiger partial charge in [0.1, 0.15) is 18.1 Å². The fourth-order valence-corrected chi connectivity index (χ4v) is 4.75. The van der Waals surface area contributed by atoms with Gasteiger partial charge in [0.15, 0.2) is 0 Å². The van der Waals surface area contributed by atoms with Crippen molar-refractivity contribution in [2.75, 3.05) is 33.4 Å². The van der Waals surface area contributed by atoms with Gasteiger partial charge in [-0.05, 0) is 62.3 Å². The number of aryl methyl sites for hydroxylation is 1. The first-order valence-electron chi connectivity index (χ1n) is 12.9. The van der Waals surface area contributed by atoms with Crippen LogP contribution in [0.15, 0.2) is 48.5 Å². The minimum atomic E-state index is -0.0509. The topological polar surface area (TPSA) is 59.1 Å². The van der Waals surface area contributed by atoms with Gasteiger partial charge in [-0.25, -0.2) is 0 Å². The number of rotatable bonds is 7. The lowest BCUT2D eigenvalue weighted by Crippen LogP contribution is -2.45. The van der Waals surface area contributed by atoms with Gasteiger partial charge in [0.05, 0.1) is 18.7 Å². The number of carbonyl (C=O) groups is 2. The molecule has 2 amide bonds. The Kier molecular flexibility index (Phi) is 10.0. The second kappa shape index (κ2) is 13.2. The molecular weight excluding hydrogens is 440 g/mol. The van der Waals surface area contributed by atoms with Crippen LogP contribution in [0.1, 0.15) is 62.4 Å². The molecule has 0 aliphatic carbocycles. The number of carbonyl (C=O) groups excluding carboxylic acids is 2. The first-order chi connectivity index (χ1) is 16.9. The molecule has 2 aromatic carbocycles. The average molecular weight is 481 g/mol. The van der Waals surface area contributed by atoms with Gasteiger partial charge in [-0.3, -0.25) is 9.59 Å². The number of fused-ring (bicyclic) bond motifs is 1. The standard InChI is InChI=1S/C29H40N2O4/c1-5-30-18-10-11-19-31(28(32)17-16-23-12-6-8-14-26(23)34-4)24(20-22(2)3)21-35-27-15-9-7-13-25(27)29(30)33/h6-9,12-15,22,24H,5,10-11,16-21H2,1-4H3/t24-/m0/s1. The van der Waals surface area contributed by atoms with E-state index in [1.54, 1.807) is 7.11 Å². The molecule has 0 spiro atoms. The monoisotopic (exact) mass is 480 g/mol. The molecule has 0 saturated carbocycles. The molecule has 6 nitrogen and oxygen atoms in total. The highest BCUT2D eigenvalue weighted by Gasteiger charge is 2.27. The van der Waals surface area contributed by atoms with E-state index in [2.05, 4.69) is 13.8 Å². The summed E-state index contributed by atoms with van der Waals surface area (Å²) in [6, 6.07) is 15.3. The van der Waals surface area contributed by atoms with Crippen LogP contribution in [0.5, 0.6) is 11.5 Å². The molecular formula is C29H40N2O4. The van der Waals surface area contributed by atoms with Crippen molar-refractivity contribution in [3.63, 3.8) is 0 Å². The number of benzene rings is 2. The van der Waals surface area contributed by atoms with E-state index in [1.165, 1.54) is 0 Å². The zero-order valence-electron chi connectivity index (χ0n) is 21.7. The van der Waals surface area contributed by atoms with E-state index < -0.39 is 0 Å². The van der Waals surface area contributed by atoms with Gasteiger partial charge in [0, 0.05) is 26.1 Å². The molecule has 190 valence electrons. The third-order valence-electron chi connectivity index (χ3n) is 6.60. The third-order valence-corrected chi connectivity index (χ3v) is 6.60. The number of hydrogen-bond acceptors (Lipinski definition) is 4. The lowest BCUT2D eigenvalue weighted by atomic mass is 10.0. The minimum Gasteiger partial charge on any atom is -0.496 e. The Morgan fingerprint density at radius 2 is 1.80 bits per heavy atom. The second-order valence-corrected chi connectivity index (χ2v) is 9.58. The first-order valence-corrected chi connectivity index (χ1v) is 12.9. The van der Waals surface area contributed by atoms with Crippen LogP contribution in [0.2, 0.25) is 0 Å². The van der Waals surface area contributed by atoms with Crippen molar-refractivity contribution in [1.82, 2.24) is 9.80 Å². The zero-order chi connectivity index (χ0) is 25.2. The molecule has 0 bridgehead atoms. The molecule has 1 aliphatic heterocycles. The summed E-state index contributed by atoms with van der Waals surface area (Å²) in [5.74, 6) is 1.96. The Balaban J connectivity index is 1.83. The van der Waals surface area contributed by atoms with Crippen molar-refractivity contribution >= 4 is 11.8 Å². The van der Waals surface area contributed by atoms with Crippen LogP contribution in [0.25, 0.3) is 0 Å². The van der Waals surface area contributed by atoms with Gasteiger partial charge in [0.2, 0.25) is 5.91 Å². The number of nitrogens with zero attached hydrogens (tertiary/aromatic N) is 2. The van der Waals surface area contributed by atoms with Gasteiger partial charge in [0.25, 0.3) is 5.91 Å². The maximum Gasteiger partial charge on any atom is 0.257 e. The van der Waals surface area contributed by atoms with Crippen molar-refractivity contribution in [2.45, 2.75) is 58.9 Å². The van der Waals surface area contributed by atoms with Crippen LogP contribution in [0.3, 0.4) is 0 Å². The Labute approximate surface area is 210 Å². The lowest BCUT2D eigenvalue weighted by molar-refractivity contribution is -0.134. The van der Waals surface area contributed by atoms with Crippen LogP contribution in [0, 0.1) is 5.92 Å². The molecule has 2 aromatic rings. The summed E-state index contributed by atoms with van der Waals surface area (Å²) in [5, 5.41) is 0. The highest BCUT2D eigenvalue weighted by molar-refractivity contribution is 5.97. The molecule has 0 unspecified atom stereocenters. The summed E-state index contributed by atoms with van der Waals surface area (Å²) in [5.41, 5.74) is 1.63. The molecule has 0 saturated heterocycles. The normalized spacial score (nSPS) is 17.3. The molecule has 0 fully saturated rings. The Morgan fingerprint density at radius 3 is 2.54 bits per heavy atom. The number of methoxy groups -OCH3 is 1. The van der Waals surface area contributed by atoms with E-state index in [9.17, 15) is 9.59 Å². The summed E-state index contributed by atoms with van der Waals surface area (Å²) < 4.78 is 11.7. The molecule has 0 N–H and O–H groups in total. The fraction of sp³-hybridized carbons (Fsp3) is 0.517. The Bertz CT molecular complexity index is 975. The van der Waals surface area contributed by atoms with Crippen LogP contribution in [-0.4, -0.2) is 61.0 Å². The zero-order valence-corrected chi connectivity index (χ0v) is 21.7. The van der Waals surface area contributed by atoms with E-state index in [0.29, 0.717) is 56.3 Å². The third kappa shape index (κ3) is 7.23. The molecule has 3 rings (SSSR count). The summed E-state index contributed by atoms with van der Waals surface area (Å²) in [7, 11) is 1.66. The molecule has 0 radical (unpaired) electrons. The van der Waals surface area contributed by atoms with Crippen molar-refractivity contribution in [2.24, 2.45) is 5.92 Å². The maximum absolute atomic E-state index is 13.6. The molecule has 1 atom stereocenters. The molecule has 0 aromatic heterocycles.